The number of nitrogens with zero attached hydrogens (tertiary/aromatic N) is 1. The summed E-state index contributed by atoms with van der Waals surface area (Å²) in [6.07, 6.45) is 2.03. The van der Waals surface area contributed by atoms with E-state index in [1.807, 2.05) is 79.7 Å². The van der Waals surface area contributed by atoms with E-state index < -0.39 is 6.04 Å². The summed E-state index contributed by atoms with van der Waals surface area (Å²) in [6.45, 7) is 3.92. The molecule has 1 N–H and O–H groups in total. The van der Waals surface area contributed by atoms with Crippen LogP contribution in [0.25, 0.3) is 0 Å². The predicted molar refractivity (Wildman–Crippen MR) is 147 cm³/mol. The van der Waals surface area contributed by atoms with Gasteiger partial charge in [0.25, 0.3) is 0 Å². The minimum Gasteiger partial charge on any atom is -0.497 e. The number of rotatable bonds is 12. The number of hydrogen-bond donors (Lipinski definition) is 1. The van der Waals surface area contributed by atoms with E-state index in [-0.39, 0.29) is 18.2 Å². The zero-order valence-corrected chi connectivity index (χ0v) is 22.2. The van der Waals surface area contributed by atoms with E-state index in [1.54, 1.807) is 12.0 Å². The molecule has 2 amide bonds. The summed E-state index contributed by atoms with van der Waals surface area (Å²) in [5.41, 5.74) is 2.89. The molecule has 0 radical (unpaired) electrons. The average molecular weight is 517 g/mol. The second kappa shape index (κ2) is 13.5. The van der Waals surface area contributed by atoms with Crippen LogP contribution in [0, 0.1) is 0 Å². The lowest BCUT2D eigenvalue weighted by Gasteiger charge is -2.32. The Bertz CT molecular complexity index is 1210. The lowest BCUT2D eigenvalue weighted by molar-refractivity contribution is -0.141. The lowest BCUT2D eigenvalue weighted by Crippen LogP contribution is -2.50. The molecule has 1 atom stereocenters. The monoisotopic (exact) mass is 516 g/mol. The van der Waals surface area contributed by atoms with Gasteiger partial charge in [0.2, 0.25) is 11.8 Å². The molecule has 0 spiro atoms. The number of fused-ring (bicyclic) bond motifs is 1. The molecule has 1 aliphatic heterocycles. The van der Waals surface area contributed by atoms with Crippen molar-refractivity contribution in [1.82, 2.24) is 10.2 Å². The van der Waals surface area contributed by atoms with Crippen molar-refractivity contribution in [3.8, 4) is 17.2 Å². The molecule has 1 heterocycles. The number of aryl methyl sites for hydroxylation is 1. The molecule has 0 aliphatic carbocycles. The molecule has 0 fully saturated rings. The summed E-state index contributed by atoms with van der Waals surface area (Å²) in [7, 11) is 1.62. The molecule has 4 rings (SSSR count). The van der Waals surface area contributed by atoms with E-state index >= 15 is 0 Å². The fraction of sp³-hybridized carbons (Fsp3) is 0.355. The Kier molecular flexibility index (Phi) is 9.62. The van der Waals surface area contributed by atoms with Crippen LogP contribution < -0.4 is 19.5 Å². The molecule has 3 aromatic carbocycles. The maximum Gasteiger partial charge on any atom is 0.243 e. The Morgan fingerprint density at radius 3 is 2.45 bits per heavy atom. The van der Waals surface area contributed by atoms with Crippen molar-refractivity contribution in [2.24, 2.45) is 0 Å². The van der Waals surface area contributed by atoms with Crippen molar-refractivity contribution in [2.75, 3.05) is 26.9 Å². The topological polar surface area (TPSA) is 77.1 Å². The number of carbonyl (C=O) groups excluding carboxylic acids is 2. The highest BCUT2D eigenvalue weighted by atomic mass is 16.6. The summed E-state index contributed by atoms with van der Waals surface area (Å²) in [6, 6.07) is 22.6. The number of amides is 2. The molecule has 38 heavy (non-hydrogen) atoms. The first-order chi connectivity index (χ1) is 18.6. The minimum absolute atomic E-state index is 0.0877. The van der Waals surface area contributed by atoms with Crippen molar-refractivity contribution in [2.45, 2.75) is 45.2 Å². The highest BCUT2D eigenvalue weighted by Gasteiger charge is 2.30. The van der Waals surface area contributed by atoms with Gasteiger partial charge in [-0.2, -0.15) is 0 Å². The Morgan fingerprint density at radius 2 is 1.68 bits per heavy atom. The zero-order valence-electron chi connectivity index (χ0n) is 22.2. The van der Waals surface area contributed by atoms with Crippen molar-refractivity contribution < 1.29 is 23.8 Å². The molecule has 7 nitrogen and oxygen atoms in total. The van der Waals surface area contributed by atoms with Crippen LogP contribution in [0.15, 0.2) is 72.8 Å². The Labute approximate surface area is 224 Å². The van der Waals surface area contributed by atoms with E-state index in [2.05, 4.69) is 5.32 Å². The normalized spacial score (nSPS) is 12.9. The maximum atomic E-state index is 13.8. The van der Waals surface area contributed by atoms with Gasteiger partial charge >= 0.3 is 0 Å². The molecule has 7 heteroatoms. The first-order valence-corrected chi connectivity index (χ1v) is 13.2. The molecule has 3 aromatic rings. The lowest BCUT2D eigenvalue weighted by atomic mass is 10.0. The van der Waals surface area contributed by atoms with Gasteiger partial charge in [0.05, 0.1) is 7.11 Å². The van der Waals surface area contributed by atoms with Crippen LogP contribution in [-0.4, -0.2) is 49.6 Å². The molecule has 0 saturated heterocycles. The number of ether oxygens (including phenoxy) is 3. The van der Waals surface area contributed by atoms with E-state index in [0.717, 1.165) is 28.9 Å². The summed E-state index contributed by atoms with van der Waals surface area (Å²) >= 11 is 0. The van der Waals surface area contributed by atoms with Gasteiger partial charge in [0.15, 0.2) is 11.5 Å². The van der Waals surface area contributed by atoms with E-state index in [0.29, 0.717) is 50.6 Å². The minimum atomic E-state index is -0.650. The summed E-state index contributed by atoms with van der Waals surface area (Å²) in [5.74, 6) is 1.90. The number of benzene rings is 3. The van der Waals surface area contributed by atoms with Gasteiger partial charge in [-0.3, -0.25) is 9.59 Å². The standard InChI is InChI=1S/C31H36N2O5/c1-3-16-32-31(35)27(20-23-8-5-4-6-9-23)33(22-25-10-7-11-26(19-25)36-2)30(34)15-13-24-12-14-28-29(21-24)38-18-17-37-28/h4-12,14,19,21,27H,3,13,15-18,20,22H2,1-2H3,(H,32,35)/t27-/m0/s1. The van der Waals surface area contributed by atoms with Gasteiger partial charge in [-0.05, 0) is 53.8 Å². The van der Waals surface area contributed by atoms with Gasteiger partial charge < -0.3 is 24.4 Å². The highest BCUT2D eigenvalue weighted by molar-refractivity contribution is 5.88. The number of hydrogen-bond acceptors (Lipinski definition) is 5. The number of nitrogens with one attached hydrogen (secondary N) is 1. The third-order valence-corrected chi connectivity index (χ3v) is 6.54. The van der Waals surface area contributed by atoms with Crippen LogP contribution in [-0.2, 0) is 29.0 Å². The third-order valence-electron chi connectivity index (χ3n) is 6.54. The van der Waals surface area contributed by atoms with Crippen molar-refractivity contribution >= 4 is 11.8 Å². The summed E-state index contributed by atoms with van der Waals surface area (Å²) in [5, 5.41) is 3.02. The van der Waals surface area contributed by atoms with Gasteiger partial charge in [-0.25, -0.2) is 0 Å². The van der Waals surface area contributed by atoms with Crippen molar-refractivity contribution in [1.29, 1.82) is 0 Å². The van der Waals surface area contributed by atoms with Crippen LogP contribution in [0.3, 0.4) is 0 Å². The molecule has 0 aromatic heterocycles. The maximum absolute atomic E-state index is 13.8. The second-order valence-electron chi connectivity index (χ2n) is 9.35. The molecule has 200 valence electrons. The average Bonchev–Trinajstić information content (AvgIpc) is 2.97. The van der Waals surface area contributed by atoms with E-state index in [4.69, 9.17) is 14.2 Å². The number of carbonyl (C=O) groups is 2. The molecular weight excluding hydrogens is 480 g/mol. The molecular formula is C31H36N2O5. The van der Waals surface area contributed by atoms with Crippen LogP contribution in [0.4, 0.5) is 0 Å². The van der Waals surface area contributed by atoms with Gasteiger partial charge in [0, 0.05) is 25.9 Å². The molecule has 0 bridgehead atoms. The summed E-state index contributed by atoms with van der Waals surface area (Å²) < 4.78 is 16.7. The van der Waals surface area contributed by atoms with Gasteiger partial charge in [0.1, 0.15) is 25.0 Å². The zero-order chi connectivity index (χ0) is 26.7. The van der Waals surface area contributed by atoms with E-state index in [9.17, 15) is 9.59 Å². The largest absolute Gasteiger partial charge is 0.497 e. The van der Waals surface area contributed by atoms with Crippen LogP contribution in [0.1, 0.15) is 36.5 Å². The second-order valence-corrected chi connectivity index (χ2v) is 9.35. The fourth-order valence-corrected chi connectivity index (χ4v) is 4.53. The van der Waals surface area contributed by atoms with E-state index in [1.165, 1.54) is 0 Å². The first kappa shape index (κ1) is 27.0. The first-order valence-electron chi connectivity index (χ1n) is 13.2. The van der Waals surface area contributed by atoms with Crippen LogP contribution >= 0.6 is 0 Å². The van der Waals surface area contributed by atoms with Crippen LogP contribution in [0.2, 0.25) is 0 Å². The molecule has 0 saturated carbocycles. The highest BCUT2D eigenvalue weighted by Crippen LogP contribution is 2.31. The van der Waals surface area contributed by atoms with Gasteiger partial charge in [-0.15, -0.1) is 0 Å². The Morgan fingerprint density at radius 1 is 0.921 bits per heavy atom. The fourth-order valence-electron chi connectivity index (χ4n) is 4.53. The number of methoxy groups -OCH3 is 1. The quantitative estimate of drug-likeness (QED) is 0.382. The smallest absolute Gasteiger partial charge is 0.243 e. The Balaban J connectivity index is 1.59. The molecule has 0 unspecified atom stereocenters. The molecule has 1 aliphatic rings. The summed E-state index contributed by atoms with van der Waals surface area (Å²) in [4.78, 5) is 29.0. The van der Waals surface area contributed by atoms with Gasteiger partial charge in [-0.1, -0.05) is 55.5 Å². The van der Waals surface area contributed by atoms with Crippen molar-refractivity contribution in [3.63, 3.8) is 0 Å². The Hall–Kier alpha value is -4.00. The predicted octanol–water partition coefficient (Wildman–Crippen LogP) is 4.57. The van der Waals surface area contributed by atoms with Crippen LogP contribution in [0.5, 0.6) is 17.2 Å². The van der Waals surface area contributed by atoms with Crippen molar-refractivity contribution in [3.05, 3.63) is 89.5 Å². The third kappa shape index (κ3) is 7.28. The SMILES string of the molecule is CCCNC(=O)[C@H](Cc1ccccc1)N(Cc1cccc(OC)c1)C(=O)CCc1ccc2c(c1)OCCO2.